The number of pyridine rings is 1. The lowest BCUT2D eigenvalue weighted by Crippen LogP contribution is -2.62. The first-order valence-corrected chi connectivity index (χ1v) is 10.6. The molecule has 0 unspecified atom stereocenters. The molecule has 1 saturated heterocycles. The largest absolute Gasteiger partial charge is 0.507 e. The minimum absolute atomic E-state index is 0. The number of aromatic nitrogens is 3. The molecular weight excluding hydrogens is 426 g/mol. The monoisotopic (exact) mass is 457 g/mol. The van der Waals surface area contributed by atoms with Gasteiger partial charge in [-0.05, 0) is 76.3 Å². The van der Waals surface area contributed by atoms with Crippen molar-refractivity contribution in [3.05, 3.63) is 46.9 Å². The number of nitrogens with one attached hydrogen (secondary N) is 1. The molecule has 4 rings (SSSR count). The highest BCUT2D eigenvalue weighted by Gasteiger charge is 2.39. The van der Waals surface area contributed by atoms with E-state index < -0.39 is 0 Å². The zero-order valence-corrected chi connectivity index (χ0v) is 20.3. The van der Waals surface area contributed by atoms with Crippen molar-refractivity contribution >= 4 is 29.0 Å². The molecule has 1 aliphatic heterocycles. The number of anilines is 1. The van der Waals surface area contributed by atoms with Crippen molar-refractivity contribution in [2.75, 3.05) is 11.9 Å². The van der Waals surface area contributed by atoms with E-state index in [1.165, 1.54) is 4.57 Å². The Morgan fingerprint density at radius 3 is 2.34 bits per heavy atom. The predicted octanol–water partition coefficient (Wildman–Crippen LogP) is 3.87. The third-order valence-electron chi connectivity index (χ3n) is 6.20. The van der Waals surface area contributed by atoms with Gasteiger partial charge in [0.1, 0.15) is 5.75 Å². The highest BCUT2D eigenvalue weighted by molar-refractivity contribution is 5.89. The lowest BCUT2D eigenvalue weighted by Gasteiger charge is -2.49. The Balaban J connectivity index is 0.00000289. The summed E-state index contributed by atoms with van der Waals surface area (Å²) in [4.78, 5) is 14.7. The number of nitrogens with zero attached hydrogens (tertiary/aromatic N) is 4. The van der Waals surface area contributed by atoms with Crippen molar-refractivity contribution in [2.45, 2.75) is 57.7 Å². The molecule has 172 valence electrons. The van der Waals surface area contributed by atoms with Gasteiger partial charge in [-0.3, -0.25) is 4.79 Å². The predicted molar refractivity (Wildman–Crippen MR) is 132 cm³/mol. The number of fused-ring (bicyclic) bond motifs is 1. The van der Waals surface area contributed by atoms with Gasteiger partial charge >= 0.3 is 0 Å². The molecule has 2 aromatic heterocycles. The number of aryl methyl sites for hydroxylation is 1. The number of halogens is 1. The number of rotatable bonds is 3. The fourth-order valence-corrected chi connectivity index (χ4v) is 4.97. The van der Waals surface area contributed by atoms with Crippen LogP contribution >= 0.6 is 12.4 Å². The molecule has 1 fully saturated rings. The second-order valence-electron chi connectivity index (χ2n) is 10.0. The van der Waals surface area contributed by atoms with E-state index in [4.69, 9.17) is 0 Å². The molecule has 8 heteroatoms. The molecular formula is C24H32ClN5O2. The van der Waals surface area contributed by atoms with Crippen LogP contribution in [0.25, 0.3) is 22.0 Å². The van der Waals surface area contributed by atoms with Crippen LogP contribution < -0.4 is 15.8 Å². The van der Waals surface area contributed by atoms with Crippen LogP contribution in [0.1, 0.15) is 40.5 Å². The van der Waals surface area contributed by atoms with E-state index >= 15 is 0 Å². The van der Waals surface area contributed by atoms with Gasteiger partial charge < -0.3 is 19.9 Å². The number of hydrogen-bond donors (Lipinski definition) is 2. The molecule has 3 aromatic rings. The summed E-state index contributed by atoms with van der Waals surface area (Å²) < 4.78 is 1.52. The van der Waals surface area contributed by atoms with E-state index in [0.29, 0.717) is 28.1 Å². The smallest absolute Gasteiger partial charge is 0.258 e. The van der Waals surface area contributed by atoms with E-state index in [2.05, 4.69) is 55.2 Å². The number of benzene rings is 1. The Bertz CT molecular complexity index is 1170. The highest BCUT2D eigenvalue weighted by atomic mass is 35.5. The van der Waals surface area contributed by atoms with Crippen molar-refractivity contribution in [2.24, 2.45) is 7.05 Å². The van der Waals surface area contributed by atoms with Crippen LogP contribution in [0, 0.1) is 0 Å². The fourth-order valence-electron chi connectivity index (χ4n) is 4.97. The molecule has 0 bridgehead atoms. The Labute approximate surface area is 194 Å². The zero-order valence-electron chi connectivity index (χ0n) is 19.5. The maximum atomic E-state index is 12.5. The first kappa shape index (κ1) is 24.0. The highest BCUT2D eigenvalue weighted by Crippen LogP contribution is 2.34. The van der Waals surface area contributed by atoms with Gasteiger partial charge in [0, 0.05) is 48.4 Å². The molecule has 2 N–H and O–H groups in total. The van der Waals surface area contributed by atoms with Crippen LogP contribution in [0.4, 0.5) is 5.82 Å². The van der Waals surface area contributed by atoms with Gasteiger partial charge in [-0.15, -0.1) is 22.6 Å². The summed E-state index contributed by atoms with van der Waals surface area (Å²) in [6, 6.07) is 9.22. The summed E-state index contributed by atoms with van der Waals surface area (Å²) in [6.45, 7) is 8.93. The third kappa shape index (κ3) is 4.59. The van der Waals surface area contributed by atoms with Crippen LogP contribution in [0.3, 0.4) is 0 Å². The molecule has 0 saturated carbocycles. The summed E-state index contributed by atoms with van der Waals surface area (Å²) in [6.07, 6.45) is 3.70. The van der Waals surface area contributed by atoms with E-state index in [1.54, 1.807) is 25.4 Å². The van der Waals surface area contributed by atoms with Gasteiger partial charge in [-0.1, -0.05) is 0 Å². The Morgan fingerprint density at radius 1 is 1.09 bits per heavy atom. The lowest BCUT2D eigenvalue weighted by atomic mass is 9.79. The van der Waals surface area contributed by atoms with Crippen LogP contribution in [-0.4, -0.2) is 44.0 Å². The SMILES string of the molecule is CN(c1ccc(-c2cc3c(=O)n(C)ccc3cc2O)nn1)C1CC(C)(C)NC(C)(C)C1.Cl. The van der Waals surface area contributed by atoms with Crippen molar-refractivity contribution in [1.29, 1.82) is 0 Å². The topological polar surface area (TPSA) is 83.3 Å². The standard InChI is InChI=1S/C24H31N5O2.ClH/c1-23(2)13-16(14-24(3,4)27-23)29(6)21-8-7-19(25-26-21)18-12-17-15(11-20(18)30)9-10-28(5)22(17)31;/h7-12,16,27,30H,13-14H2,1-6H3;1H. The van der Waals surface area contributed by atoms with Crippen molar-refractivity contribution < 1.29 is 5.11 Å². The van der Waals surface area contributed by atoms with E-state index in [9.17, 15) is 9.90 Å². The second-order valence-corrected chi connectivity index (χ2v) is 10.0. The maximum Gasteiger partial charge on any atom is 0.258 e. The van der Waals surface area contributed by atoms with Gasteiger partial charge in [0.2, 0.25) is 0 Å². The summed E-state index contributed by atoms with van der Waals surface area (Å²) >= 11 is 0. The molecule has 0 radical (unpaired) electrons. The summed E-state index contributed by atoms with van der Waals surface area (Å²) in [5.41, 5.74) is 1.00. The minimum Gasteiger partial charge on any atom is -0.507 e. The normalized spacial score (nSPS) is 17.7. The van der Waals surface area contributed by atoms with Gasteiger partial charge in [-0.25, -0.2) is 0 Å². The number of phenolic OH excluding ortho intramolecular Hbond substituents is 1. The van der Waals surface area contributed by atoms with E-state index in [1.807, 2.05) is 18.2 Å². The lowest BCUT2D eigenvalue weighted by molar-refractivity contribution is 0.160. The molecule has 7 nitrogen and oxygen atoms in total. The molecule has 0 aliphatic carbocycles. The molecule has 3 heterocycles. The van der Waals surface area contributed by atoms with Crippen molar-refractivity contribution in [3.8, 4) is 17.0 Å². The molecule has 0 amide bonds. The van der Waals surface area contributed by atoms with Gasteiger partial charge in [0.25, 0.3) is 5.56 Å². The third-order valence-corrected chi connectivity index (χ3v) is 6.20. The van der Waals surface area contributed by atoms with Gasteiger partial charge in [0.15, 0.2) is 5.82 Å². The number of piperidine rings is 1. The quantitative estimate of drug-likeness (QED) is 0.621. The number of aromatic hydroxyl groups is 1. The molecule has 0 spiro atoms. The Hall–Kier alpha value is -2.64. The summed E-state index contributed by atoms with van der Waals surface area (Å²) in [7, 11) is 3.77. The first-order valence-electron chi connectivity index (χ1n) is 10.6. The van der Waals surface area contributed by atoms with Crippen LogP contribution in [0.5, 0.6) is 5.75 Å². The number of phenols is 1. The summed E-state index contributed by atoms with van der Waals surface area (Å²) in [5.74, 6) is 0.872. The Kier molecular flexibility index (Phi) is 6.28. The maximum absolute atomic E-state index is 12.5. The average molecular weight is 458 g/mol. The van der Waals surface area contributed by atoms with Crippen LogP contribution in [0.2, 0.25) is 0 Å². The minimum atomic E-state index is -0.112. The fraction of sp³-hybridized carbons (Fsp3) is 0.458. The number of hydrogen-bond acceptors (Lipinski definition) is 6. The average Bonchev–Trinajstić information content (AvgIpc) is 2.68. The zero-order chi connectivity index (χ0) is 22.6. The Morgan fingerprint density at radius 2 is 1.75 bits per heavy atom. The van der Waals surface area contributed by atoms with Gasteiger partial charge in [0.05, 0.1) is 5.69 Å². The molecule has 1 aliphatic rings. The van der Waals surface area contributed by atoms with Crippen LogP contribution in [0.15, 0.2) is 41.3 Å². The molecule has 32 heavy (non-hydrogen) atoms. The van der Waals surface area contributed by atoms with Crippen molar-refractivity contribution in [1.82, 2.24) is 20.1 Å². The molecule has 1 aromatic carbocycles. The van der Waals surface area contributed by atoms with E-state index in [-0.39, 0.29) is 34.8 Å². The first-order chi connectivity index (χ1) is 14.5. The second kappa shape index (κ2) is 8.37. The van der Waals surface area contributed by atoms with E-state index in [0.717, 1.165) is 18.7 Å². The van der Waals surface area contributed by atoms with Gasteiger partial charge in [-0.2, -0.15) is 0 Å². The van der Waals surface area contributed by atoms with Crippen molar-refractivity contribution in [3.63, 3.8) is 0 Å². The molecule has 0 atom stereocenters. The summed E-state index contributed by atoms with van der Waals surface area (Å²) in [5, 5.41) is 24.3. The van der Waals surface area contributed by atoms with Crippen LogP contribution in [-0.2, 0) is 7.05 Å².